The Morgan fingerprint density at radius 2 is 1.58 bits per heavy atom. The second-order valence-electron chi connectivity index (χ2n) is 9.63. The van der Waals surface area contributed by atoms with E-state index in [1.807, 2.05) is 13.8 Å². The molecule has 0 bridgehead atoms. The predicted molar refractivity (Wildman–Crippen MR) is 133 cm³/mol. The van der Waals surface area contributed by atoms with Crippen molar-refractivity contribution in [3.63, 3.8) is 0 Å². The van der Waals surface area contributed by atoms with Gasteiger partial charge in [-0.05, 0) is 69.5 Å². The van der Waals surface area contributed by atoms with E-state index in [2.05, 4.69) is 0 Å². The summed E-state index contributed by atoms with van der Waals surface area (Å²) in [7, 11) is -2.96. The lowest BCUT2D eigenvalue weighted by molar-refractivity contribution is -0.384. The fourth-order valence-corrected chi connectivity index (χ4v) is 4.94. The molecule has 0 aliphatic heterocycles. The van der Waals surface area contributed by atoms with Crippen molar-refractivity contribution >= 4 is 27.5 Å². The summed E-state index contributed by atoms with van der Waals surface area (Å²) in [4.78, 5) is 36.5. The monoisotopic (exact) mass is 520 g/mol. The number of ketones is 1. The van der Waals surface area contributed by atoms with E-state index in [0.717, 1.165) is 28.6 Å². The van der Waals surface area contributed by atoms with E-state index in [0.29, 0.717) is 5.75 Å². The number of esters is 1. The van der Waals surface area contributed by atoms with Crippen molar-refractivity contribution in [3.05, 3.63) is 64.2 Å². The molecule has 0 spiro atoms. The highest BCUT2D eigenvalue weighted by Crippen LogP contribution is 2.26. The molecule has 10 nitrogen and oxygen atoms in total. The van der Waals surface area contributed by atoms with Crippen molar-refractivity contribution in [3.8, 4) is 5.75 Å². The summed E-state index contributed by atoms with van der Waals surface area (Å²) in [6, 6.07) is 9.13. The quantitative estimate of drug-likeness (QED) is 0.186. The van der Waals surface area contributed by atoms with Gasteiger partial charge in [0.15, 0.2) is 5.78 Å². The molecular formula is C25H32N2O8S. The van der Waals surface area contributed by atoms with E-state index < -0.39 is 44.9 Å². The molecule has 196 valence electrons. The Morgan fingerprint density at radius 3 is 2.03 bits per heavy atom. The summed E-state index contributed by atoms with van der Waals surface area (Å²) < 4.78 is 38.9. The number of hydrogen-bond acceptors (Lipinski definition) is 8. The normalized spacial score (nSPS) is 12.9. The summed E-state index contributed by atoms with van der Waals surface area (Å²) >= 11 is 0. The number of hydrogen-bond donors (Lipinski definition) is 0. The number of Topliss-reactive ketones (excluding diaryl/α,β-unsaturated/α-hetero) is 1. The van der Waals surface area contributed by atoms with Gasteiger partial charge in [0.1, 0.15) is 17.4 Å². The molecule has 0 aliphatic rings. The van der Waals surface area contributed by atoms with Crippen LogP contribution in [0.2, 0.25) is 0 Å². The molecule has 1 unspecified atom stereocenters. The second-order valence-corrected chi connectivity index (χ2v) is 11.5. The van der Waals surface area contributed by atoms with E-state index in [4.69, 9.17) is 9.47 Å². The number of carbonyl (C=O) groups excluding carboxylic acids is 2. The van der Waals surface area contributed by atoms with Crippen molar-refractivity contribution < 1.29 is 32.4 Å². The van der Waals surface area contributed by atoms with Crippen molar-refractivity contribution in [2.45, 2.75) is 57.6 Å². The third-order valence-electron chi connectivity index (χ3n) is 5.09. The number of ether oxygens (including phenoxy) is 2. The molecule has 0 amide bonds. The van der Waals surface area contributed by atoms with Crippen molar-refractivity contribution in [2.24, 2.45) is 5.92 Å². The average molecular weight is 521 g/mol. The van der Waals surface area contributed by atoms with E-state index in [-0.39, 0.29) is 28.5 Å². The molecule has 0 saturated carbocycles. The largest absolute Gasteiger partial charge is 0.497 e. The lowest BCUT2D eigenvalue weighted by atomic mass is 10.0. The van der Waals surface area contributed by atoms with Crippen LogP contribution < -0.4 is 4.74 Å². The highest BCUT2D eigenvalue weighted by molar-refractivity contribution is 7.89. The lowest BCUT2D eigenvalue weighted by Gasteiger charge is -2.32. The minimum Gasteiger partial charge on any atom is -0.497 e. The summed E-state index contributed by atoms with van der Waals surface area (Å²) in [5.41, 5.74) is -0.956. The Kier molecular flexibility index (Phi) is 9.33. The van der Waals surface area contributed by atoms with Crippen LogP contribution in [0.5, 0.6) is 5.75 Å². The number of methoxy groups -OCH3 is 1. The first kappa shape index (κ1) is 28.9. The van der Waals surface area contributed by atoms with Crippen LogP contribution in [-0.4, -0.2) is 54.7 Å². The molecule has 0 N–H and O–H groups in total. The van der Waals surface area contributed by atoms with Gasteiger partial charge < -0.3 is 9.47 Å². The third-order valence-corrected chi connectivity index (χ3v) is 6.96. The van der Waals surface area contributed by atoms with Crippen LogP contribution in [0.4, 0.5) is 5.69 Å². The number of sulfonamides is 1. The van der Waals surface area contributed by atoms with Gasteiger partial charge in [0.2, 0.25) is 10.0 Å². The number of nitro groups is 1. The van der Waals surface area contributed by atoms with Crippen LogP contribution in [0.15, 0.2) is 53.4 Å². The van der Waals surface area contributed by atoms with E-state index >= 15 is 0 Å². The Balaban J connectivity index is 2.58. The van der Waals surface area contributed by atoms with Gasteiger partial charge in [-0.3, -0.25) is 19.7 Å². The molecule has 0 fully saturated rings. The van der Waals surface area contributed by atoms with Gasteiger partial charge in [-0.25, -0.2) is 8.42 Å². The first-order valence-electron chi connectivity index (χ1n) is 11.3. The molecule has 0 heterocycles. The zero-order valence-electron chi connectivity index (χ0n) is 21.3. The first-order valence-corrected chi connectivity index (χ1v) is 12.8. The van der Waals surface area contributed by atoms with Crippen LogP contribution in [0.1, 0.15) is 51.4 Å². The van der Waals surface area contributed by atoms with E-state index in [9.17, 15) is 28.1 Å². The number of nitrogens with zero attached hydrogens (tertiary/aromatic N) is 2. The number of benzene rings is 2. The molecule has 2 aromatic carbocycles. The Bertz CT molecular complexity index is 1180. The van der Waals surface area contributed by atoms with Gasteiger partial charge in [-0.2, -0.15) is 4.31 Å². The zero-order valence-corrected chi connectivity index (χ0v) is 22.1. The van der Waals surface area contributed by atoms with Crippen LogP contribution in [-0.2, 0) is 19.6 Å². The lowest BCUT2D eigenvalue weighted by Crippen LogP contribution is -2.50. The smallest absolute Gasteiger partial charge is 0.325 e. The summed E-state index contributed by atoms with van der Waals surface area (Å²) in [5, 5.41) is 11.0. The number of rotatable bonds is 11. The summed E-state index contributed by atoms with van der Waals surface area (Å²) in [5.74, 6) is -0.925. The van der Waals surface area contributed by atoms with Crippen LogP contribution in [0, 0.1) is 16.0 Å². The molecule has 36 heavy (non-hydrogen) atoms. The van der Waals surface area contributed by atoms with Crippen LogP contribution in [0.3, 0.4) is 0 Å². The van der Waals surface area contributed by atoms with Gasteiger partial charge in [0.25, 0.3) is 5.69 Å². The molecule has 0 radical (unpaired) electrons. The molecule has 0 aliphatic carbocycles. The predicted octanol–water partition coefficient (Wildman–Crippen LogP) is 4.23. The molecule has 0 saturated heterocycles. The number of non-ortho nitro benzene ring substituents is 1. The fraction of sp³-hybridized carbons (Fsp3) is 0.440. The van der Waals surface area contributed by atoms with Crippen molar-refractivity contribution in [1.29, 1.82) is 0 Å². The molecule has 2 rings (SSSR count). The van der Waals surface area contributed by atoms with Crippen LogP contribution in [0.25, 0.3) is 0 Å². The maximum absolute atomic E-state index is 13.7. The average Bonchev–Trinajstić information content (AvgIpc) is 2.79. The summed E-state index contributed by atoms with van der Waals surface area (Å²) in [6.07, 6.45) is 0.0943. The number of carbonyl (C=O) groups is 2. The topological polar surface area (TPSA) is 133 Å². The zero-order chi connectivity index (χ0) is 27.3. The third kappa shape index (κ3) is 7.59. The van der Waals surface area contributed by atoms with Gasteiger partial charge in [-0.15, -0.1) is 0 Å². The van der Waals surface area contributed by atoms with Crippen molar-refractivity contribution in [2.75, 3.05) is 13.7 Å². The molecule has 11 heteroatoms. The van der Waals surface area contributed by atoms with Crippen molar-refractivity contribution in [1.82, 2.24) is 4.31 Å². The Hall–Kier alpha value is -3.31. The highest BCUT2D eigenvalue weighted by Gasteiger charge is 2.40. The maximum Gasteiger partial charge on any atom is 0.325 e. The van der Waals surface area contributed by atoms with Gasteiger partial charge >= 0.3 is 5.97 Å². The van der Waals surface area contributed by atoms with E-state index in [1.165, 1.54) is 19.2 Å². The first-order chi connectivity index (χ1) is 16.7. The SMILES string of the molecule is COc1ccc(C(=O)CN(C(CC(C)C)C(=O)OC(C)(C)C)S(=O)(=O)c2ccc([N+](=O)[O-])cc2)cc1. The Labute approximate surface area is 211 Å². The van der Waals surface area contributed by atoms with Gasteiger partial charge in [-0.1, -0.05) is 13.8 Å². The fourth-order valence-electron chi connectivity index (χ4n) is 3.40. The molecular weight excluding hydrogens is 488 g/mol. The van der Waals surface area contributed by atoms with Crippen LogP contribution >= 0.6 is 0 Å². The van der Waals surface area contributed by atoms with E-state index in [1.54, 1.807) is 32.9 Å². The van der Waals surface area contributed by atoms with Gasteiger partial charge in [0.05, 0.1) is 23.5 Å². The highest BCUT2D eigenvalue weighted by atomic mass is 32.2. The summed E-state index contributed by atoms with van der Waals surface area (Å²) in [6.45, 7) is 7.99. The minimum absolute atomic E-state index is 0.0943. The molecule has 1 atom stereocenters. The molecule has 0 aromatic heterocycles. The maximum atomic E-state index is 13.7. The minimum atomic E-state index is -4.44. The standard InChI is InChI=1S/C25H32N2O8S/c1-17(2)15-22(24(29)35-25(3,4)5)26(16-23(28)18-7-11-20(34-6)12-8-18)36(32,33)21-13-9-19(10-14-21)27(30)31/h7-14,17,22H,15-16H2,1-6H3. The Morgan fingerprint density at radius 1 is 1.03 bits per heavy atom. The second kappa shape index (κ2) is 11.6. The molecule has 2 aromatic rings. The van der Waals surface area contributed by atoms with Gasteiger partial charge in [0, 0.05) is 17.7 Å². The number of nitro benzene ring substituents is 1.